The molecule has 0 aliphatic heterocycles. The highest BCUT2D eigenvalue weighted by atomic mass is 79.9. The second-order valence-electron chi connectivity index (χ2n) is 4.22. The van der Waals surface area contributed by atoms with Crippen molar-refractivity contribution < 1.29 is 4.39 Å². The van der Waals surface area contributed by atoms with Crippen molar-refractivity contribution in [1.82, 2.24) is 5.32 Å². The van der Waals surface area contributed by atoms with Gasteiger partial charge in [-0.1, -0.05) is 29.8 Å². The molecule has 0 radical (unpaired) electrons. The summed E-state index contributed by atoms with van der Waals surface area (Å²) in [6.07, 6.45) is 1.83. The third-order valence-corrected chi connectivity index (χ3v) is 3.54. The van der Waals surface area contributed by atoms with Crippen molar-refractivity contribution >= 4 is 15.9 Å². The molecular weight excluding hydrogens is 269 g/mol. The van der Waals surface area contributed by atoms with E-state index in [0.29, 0.717) is 12.0 Å². The van der Waals surface area contributed by atoms with E-state index >= 15 is 0 Å². The lowest BCUT2D eigenvalue weighted by Gasteiger charge is -2.22. The number of rotatable bonds is 5. The van der Waals surface area contributed by atoms with E-state index in [1.165, 1.54) is 6.07 Å². The fraction of sp³-hybridized carbons (Fsp3) is 0.538. The van der Waals surface area contributed by atoms with Crippen LogP contribution in [0.15, 0.2) is 22.7 Å². The van der Waals surface area contributed by atoms with E-state index in [2.05, 4.69) is 35.1 Å². The Morgan fingerprint density at radius 3 is 2.69 bits per heavy atom. The van der Waals surface area contributed by atoms with E-state index in [9.17, 15) is 4.39 Å². The van der Waals surface area contributed by atoms with Gasteiger partial charge >= 0.3 is 0 Å². The van der Waals surface area contributed by atoms with Crippen molar-refractivity contribution in [1.29, 1.82) is 0 Å². The maximum Gasteiger partial charge on any atom is 0.126 e. The van der Waals surface area contributed by atoms with E-state index in [-0.39, 0.29) is 5.82 Å². The number of halogens is 2. The molecule has 0 heterocycles. The van der Waals surface area contributed by atoms with Gasteiger partial charge in [-0.2, -0.15) is 0 Å². The average molecular weight is 288 g/mol. The number of hydrogen-bond acceptors (Lipinski definition) is 1. The Morgan fingerprint density at radius 1 is 1.44 bits per heavy atom. The van der Waals surface area contributed by atoms with Crippen LogP contribution in [0, 0.1) is 11.7 Å². The zero-order chi connectivity index (χ0) is 12.1. The van der Waals surface area contributed by atoms with Crippen molar-refractivity contribution in [3.8, 4) is 0 Å². The van der Waals surface area contributed by atoms with Crippen molar-refractivity contribution in [2.24, 2.45) is 5.92 Å². The number of benzene rings is 1. The van der Waals surface area contributed by atoms with Gasteiger partial charge < -0.3 is 5.32 Å². The normalized spacial score (nSPS) is 14.8. The van der Waals surface area contributed by atoms with Crippen molar-refractivity contribution in [3.05, 3.63) is 34.1 Å². The maximum atomic E-state index is 13.6. The van der Waals surface area contributed by atoms with Crippen LogP contribution >= 0.6 is 15.9 Å². The predicted octanol–water partition coefficient (Wildman–Crippen LogP) is 3.76. The topological polar surface area (TPSA) is 12.0 Å². The van der Waals surface area contributed by atoms with Gasteiger partial charge in [-0.3, -0.25) is 0 Å². The second-order valence-corrected chi connectivity index (χ2v) is 5.14. The first kappa shape index (κ1) is 13.7. The smallest absolute Gasteiger partial charge is 0.126 e. The molecule has 0 fully saturated rings. The third-order valence-electron chi connectivity index (χ3n) is 3.05. The van der Waals surface area contributed by atoms with Crippen molar-refractivity contribution in [2.75, 3.05) is 7.05 Å². The molecule has 0 aliphatic carbocycles. The van der Waals surface area contributed by atoms with Gasteiger partial charge in [-0.05, 0) is 49.6 Å². The molecule has 1 aromatic carbocycles. The Bertz CT molecular complexity index is 337. The molecule has 90 valence electrons. The van der Waals surface area contributed by atoms with Crippen LogP contribution < -0.4 is 5.32 Å². The summed E-state index contributed by atoms with van der Waals surface area (Å²) in [5, 5.41) is 3.27. The molecule has 1 aromatic rings. The second kappa shape index (κ2) is 6.36. The number of hydrogen-bond donors (Lipinski definition) is 1. The molecule has 0 amide bonds. The SMILES string of the molecule is CCC(NC)C(C)Cc1cc(Br)ccc1F. The van der Waals surface area contributed by atoms with Gasteiger partial charge in [0.05, 0.1) is 0 Å². The highest BCUT2D eigenvalue weighted by Gasteiger charge is 2.15. The molecule has 1 rings (SSSR count). The Hall–Kier alpha value is -0.410. The molecule has 2 unspecified atom stereocenters. The molecule has 2 atom stereocenters. The quantitative estimate of drug-likeness (QED) is 0.869. The van der Waals surface area contributed by atoms with Crippen LogP contribution in [0.1, 0.15) is 25.8 Å². The Balaban J connectivity index is 2.75. The predicted molar refractivity (Wildman–Crippen MR) is 70.1 cm³/mol. The van der Waals surface area contributed by atoms with Gasteiger partial charge in [0.25, 0.3) is 0 Å². The fourth-order valence-electron chi connectivity index (χ4n) is 2.08. The van der Waals surface area contributed by atoms with Crippen LogP contribution in [0.25, 0.3) is 0 Å². The maximum absolute atomic E-state index is 13.6. The van der Waals surface area contributed by atoms with E-state index in [1.807, 2.05) is 13.1 Å². The van der Waals surface area contributed by atoms with Gasteiger partial charge in [0.15, 0.2) is 0 Å². The number of nitrogens with one attached hydrogen (secondary N) is 1. The van der Waals surface area contributed by atoms with Gasteiger partial charge in [0, 0.05) is 10.5 Å². The lowest BCUT2D eigenvalue weighted by atomic mass is 9.92. The Morgan fingerprint density at radius 2 is 2.12 bits per heavy atom. The van der Waals surface area contributed by atoms with E-state index in [0.717, 1.165) is 22.9 Å². The van der Waals surface area contributed by atoms with Crippen LogP contribution in [-0.4, -0.2) is 13.1 Å². The van der Waals surface area contributed by atoms with Gasteiger partial charge in [0.1, 0.15) is 5.82 Å². The molecule has 16 heavy (non-hydrogen) atoms. The van der Waals surface area contributed by atoms with Crippen molar-refractivity contribution in [2.45, 2.75) is 32.7 Å². The third kappa shape index (κ3) is 3.56. The lowest BCUT2D eigenvalue weighted by Crippen LogP contribution is -2.32. The van der Waals surface area contributed by atoms with Gasteiger partial charge in [-0.15, -0.1) is 0 Å². The van der Waals surface area contributed by atoms with Gasteiger partial charge in [0.2, 0.25) is 0 Å². The summed E-state index contributed by atoms with van der Waals surface area (Å²) in [6, 6.07) is 5.57. The summed E-state index contributed by atoms with van der Waals surface area (Å²) in [4.78, 5) is 0. The van der Waals surface area contributed by atoms with Gasteiger partial charge in [-0.25, -0.2) is 4.39 Å². The molecule has 0 saturated heterocycles. The Kier molecular flexibility index (Phi) is 5.42. The minimum absolute atomic E-state index is 0.110. The molecule has 0 saturated carbocycles. The summed E-state index contributed by atoms with van der Waals surface area (Å²) in [5.74, 6) is 0.319. The van der Waals surface area contributed by atoms with Crippen molar-refractivity contribution in [3.63, 3.8) is 0 Å². The van der Waals surface area contributed by atoms with Crippen LogP contribution in [0.4, 0.5) is 4.39 Å². The molecule has 1 nitrogen and oxygen atoms in total. The molecule has 0 spiro atoms. The van der Waals surface area contributed by atoms with Crippen LogP contribution in [0.3, 0.4) is 0 Å². The monoisotopic (exact) mass is 287 g/mol. The molecule has 0 bridgehead atoms. The lowest BCUT2D eigenvalue weighted by molar-refractivity contribution is 0.382. The summed E-state index contributed by atoms with van der Waals surface area (Å²) in [6.45, 7) is 4.31. The van der Waals surface area contributed by atoms with Crippen LogP contribution in [0.5, 0.6) is 0 Å². The molecule has 3 heteroatoms. The highest BCUT2D eigenvalue weighted by molar-refractivity contribution is 9.10. The molecule has 0 aliphatic rings. The molecular formula is C13H19BrFN. The minimum atomic E-state index is -0.110. The van der Waals surface area contributed by atoms with Crippen LogP contribution in [-0.2, 0) is 6.42 Å². The van der Waals surface area contributed by atoms with E-state index in [1.54, 1.807) is 6.07 Å². The summed E-state index contributed by atoms with van der Waals surface area (Å²) >= 11 is 3.38. The minimum Gasteiger partial charge on any atom is -0.317 e. The highest BCUT2D eigenvalue weighted by Crippen LogP contribution is 2.20. The standard InChI is InChI=1S/C13H19BrFN/c1-4-13(16-3)9(2)7-10-8-11(14)5-6-12(10)15/h5-6,8-9,13,16H,4,7H2,1-3H3. The van der Waals surface area contributed by atoms with E-state index in [4.69, 9.17) is 0 Å². The summed E-state index contributed by atoms with van der Waals surface area (Å²) < 4.78 is 14.5. The fourth-order valence-corrected chi connectivity index (χ4v) is 2.49. The summed E-state index contributed by atoms with van der Waals surface area (Å²) in [5.41, 5.74) is 0.788. The zero-order valence-corrected chi connectivity index (χ0v) is 11.6. The molecule has 0 aromatic heterocycles. The average Bonchev–Trinajstić information content (AvgIpc) is 2.25. The first-order valence-corrected chi connectivity index (χ1v) is 6.49. The zero-order valence-electron chi connectivity index (χ0n) is 10.1. The molecule has 1 N–H and O–H groups in total. The first-order valence-electron chi connectivity index (χ1n) is 5.69. The summed E-state index contributed by atoms with van der Waals surface area (Å²) in [7, 11) is 1.96. The Labute approximate surface area is 106 Å². The van der Waals surface area contributed by atoms with E-state index < -0.39 is 0 Å². The van der Waals surface area contributed by atoms with Crippen LogP contribution in [0.2, 0.25) is 0 Å². The first-order chi connectivity index (χ1) is 7.58. The largest absolute Gasteiger partial charge is 0.317 e.